The van der Waals surface area contributed by atoms with Crippen LogP contribution in [-0.2, 0) is 26.4 Å². The van der Waals surface area contributed by atoms with Gasteiger partial charge in [-0.05, 0) is 63.3 Å². The van der Waals surface area contributed by atoms with Crippen molar-refractivity contribution in [1.82, 2.24) is 14.8 Å². The molecule has 1 fully saturated rings. The summed E-state index contributed by atoms with van der Waals surface area (Å²) in [5.74, 6) is -0.943. The number of carbonyl (C=O) groups is 3. The molecule has 1 saturated heterocycles. The third-order valence-corrected chi connectivity index (χ3v) is 5.72. The van der Waals surface area contributed by atoms with Crippen LogP contribution in [0.15, 0.2) is 54.9 Å². The van der Waals surface area contributed by atoms with Crippen molar-refractivity contribution in [3.05, 3.63) is 66.0 Å². The van der Waals surface area contributed by atoms with E-state index in [1.807, 2.05) is 44.2 Å². The lowest BCUT2D eigenvalue weighted by molar-refractivity contribution is -0.163. The number of esters is 1. The number of pyridine rings is 1. The number of hydrogen-bond acceptors (Lipinski definition) is 5. The van der Waals surface area contributed by atoms with Crippen molar-refractivity contribution in [2.45, 2.75) is 71.7 Å². The minimum Gasteiger partial charge on any atom is -0.458 e. The fourth-order valence-electron chi connectivity index (χ4n) is 4.10. The molecule has 0 saturated carbocycles. The predicted molar refractivity (Wildman–Crippen MR) is 125 cm³/mol. The van der Waals surface area contributed by atoms with E-state index in [2.05, 4.69) is 4.98 Å². The van der Waals surface area contributed by atoms with Crippen LogP contribution >= 0.6 is 0 Å². The van der Waals surface area contributed by atoms with Crippen LogP contribution in [0.3, 0.4) is 0 Å². The number of urea groups is 1. The van der Waals surface area contributed by atoms with Crippen LogP contribution in [0.2, 0.25) is 0 Å². The van der Waals surface area contributed by atoms with Crippen molar-refractivity contribution < 1.29 is 19.1 Å². The summed E-state index contributed by atoms with van der Waals surface area (Å²) in [6.45, 7) is 11.2. The Kier molecular flexibility index (Phi) is 6.91. The van der Waals surface area contributed by atoms with Gasteiger partial charge < -0.3 is 9.64 Å². The van der Waals surface area contributed by atoms with Gasteiger partial charge in [-0.25, -0.2) is 14.5 Å². The molecule has 1 aromatic heterocycles. The molecular formula is C26H33N3O4. The maximum Gasteiger partial charge on any atom is 0.329 e. The Labute approximate surface area is 195 Å². The van der Waals surface area contributed by atoms with Crippen LogP contribution in [0, 0.1) is 5.92 Å². The Morgan fingerprint density at radius 3 is 2.21 bits per heavy atom. The molecule has 2 unspecified atom stereocenters. The van der Waals surface area contributed by atoms with Crippen molar-refractivity contribution in [2.24, 2.45) is 5.92 Å². The van der Waals surface area contributed by atoms with Gasteiger partial charge in [0, 0.05) is 18.9 Å². The largest absolute Gasteiger partial charge is 0.458 e. The molecule has 2 atom stereocenters. The molecule has 1 aliphatic rings. The first-order chi connectivity index (χ1) is 15.4. The average molecular weight is 452 g/mol. The number of nitrogens with zero attached hydrogens (tertiary/aromatic N) is 3. The van der Waals surface area contributed by atoms with Gasteiger partial charge in [-0.1, -0.05) is 44.2 Å². The molecule has 33 heavy (non-hydrogen) atoms. The predicted octanol–water partition coefficient (Wildman–Crippen LogP) is 4.52. The highest BCUT2D eigenvalue weighted by Crippen LogP contribution is 2.40. The molecule has 1 aromatic carbocycles. The van der Waals surface area contributed by atoms with Crippen molar-refractivity contribution in [3.63, 3.8) is 0 Å². The van der Waals surface area contributed by atoms with Gasteiger partial charge >= 0.3 is 12.0 Å². The van der Waals surface area contributed by atoms with Crippen molar-refractivity contribution in [3.8, 4) is 0 Å². The van der Waals surface area contributed by atoms with E-state index in [1.54, 1.807) is 52.2 Å². The average Bonchev–Trinajstić information content (AvgIpc) is 2.93. The quantitative estimate of drug-likeness (QED) is 0.457. The monoisotopic (exact) mass is 451 g/mol. The van der Waals surface area contributed by atoms with E-state index in [-0.39, 0.29) is 12.5 Å². The van der Waals surface area contributed by atoms with E-state index < -0.39 is 35.1 Å². The summed E-state index contributed by atoms with van der Waals surface area (Å²) in [5.41, 5.74) is -0.496. The van der Waals surface area contributed by atoms with Crippen molar-refractivity contribution >= 4 is 17.9 Å². The number of imide groups is 1. The van der Waals surface area contributed by atoms with Gasteiger partial charge in [0.2, 0.25) is 0 Å². The first kappa shape index (κ1) is 24.4. The highest BCUT2D eigenvalue weighted by molar-refractivity contribution is 6.09. The summed E-state index contributed by atoms with van der Waals surface area (Å²) in [7, 11) is 0. The van der Waals surface area contributed by atoms with Crippen LogP contribution in [-0.4, -0.2) is 44.3 Å². The molecule has 0 aliphatic carbocycles. The molecule has 2 heterocycles. The summed E-state index contributed by atoms with van der Waals surface area (Å²) in [5, 5.41) is 0. The van der Waals surface area contributed by atoms with E-state index in [4.69, 9.17) is 4.74 Å². The molecule has 0 radical (unpaired) electrons. The van der Waals surface area contributed by atoms with Gasteiger partial charge in [-0.3, -0.25) is 9.78 Å². The first-order valence-corrected chi connectivity index (χ1v) is 11.3. The summed E-state index contributed by atoms with van der Waals surface area (Å²) in [4.78, 5) is 47.7. The Morgan fingerprint density at radius 1 is 1.06 bits per heavy atom. The van der Waals surface area contributed by atoms with Gasteiger partial charge in [0.25, 0.3) is 5.91 Å². The van der Waals surface area contributed by atoms with Gasteiger partial charge in [-0.2, -0.15) is 0 Å². The van der Waals surface area contributed by atoms with E-state index >= 15 is 0 Å². The van der Waals surface area contributed by atoms with Crippen LogP contribution in [0.25, 0.3) is 0 Å². The Balaban J connectivity index is 2.09. The van der Waals surface area contributed by atoms with Gasteiger partial charge in [0.15, 0.2) is 0 Å². The lowest BCUT2D eigenvalue weighted by atomic mass is 9.90. The number of rotatable bonds is 7. The van der Waals surface area contributed by atoms with Crippen molar-refractivity contribution in [1.29, 1.82) is 0 Å². The third kappa shape index (κ3) is 5.07. The number of amides is 3. The molecule has 176 valence electrons. The maximum absolute atomic E-state index is 14.0. The number of ether oxygens (including phenoxy) is 1. The van der Waals surface area contributed by atoms with Crippen molar-refractivity contribution in [2.75, 3.05) is 0 Å². The van der Waals surface area contributed by atoms with E-state index in [9.17, 15) is 14.4 Å². The van der Waals surface area contributed by atoms with Crippen LogP contribution in [0.1, 0.15) is 59.1 Å². The molecule has 3 amide bonds. The van der Waals surface area contributed by atoms with Gasteiger partial charge in [0.05, 0.1) is 0 Å². The van der Waals surface area contributed by atoms with Gasteiger partial charge in [0.1, 0.15) is 17.2 Å². The molecule has 3 rings (SSSR count). The fourth-order valence-corrected chi connectivity index (χ4v) is 4.10. The number of benzene rings is 1. The molecule has 7 nitrogen and oxygen atoms in total. The molecule has 1 aliphatic heterocycles. The lowest BCUT2D eigenvalue weighted by Crippen LogP contribution is -2.49. The maximum atomic E-state index is 14.0. The second kappa shape index (κ2) is 9.33. The third-order valence-electron chi connectivity index (χ3n) is 5.72. The van der Waals surface area contributed by atoms with Crippen LogP contribution < -0.4 is 0 Å². The van der Waals surface area contributed by atoms with E-state index in [1.165, 1.54) is 4.90 Å². The van der Waals surface area contributed by atoms with Gasteiger partial charge in [-0.15, -0.1) is 0 Å². The number of aromatic nitrogens is 1. The first-order valence-electron chi connectivity index (χ1n) is 11.3. The Hall–Kier alpha value is -3.22. The second-order valence-corrected chi connectivity index (χ2v) is 10.0. The summed E-state index contributed by atoms with van der Waals surface area (Å²) >= 11 is 0. The minimum absolute atomic E-state index is 0.0680. The van der Waals surface area contributed by atoms with E-state index in [0.29, 0.717) is 12.0 Å². The SMILES string of the molecule is CC(C)CC(C(=O)OC(C)(C)C)N1C(=O)N(Cc2ccccc2)C(C)(c2ccncc2)C1=O. The molecule has 0 N–H and O–H groups in total. The normalized spacial score (nSPS) is 19.8. The summed E-state index contributed by atoms with van der Waals surface area (Å²) < 4.78 is 5.62. The molecule has 7 heteroatoms. The zero-order valence-electron chi connectivity index (χ0n) is 20.2. The molecule has 2 aromatic rings. The molecule has 0 bridgehead atoms. The standard InChI is InChI=1S/C26H33N3O4/c1-18(2)16-21(22(30)33-25(3,4)5)29-23(31)26(6,20-12-14-27-15-13-20)28(24(29)32)17-19-10-8-7-9-11-19/h7-15,18,21H,16-17H2,1-6H3. The molecule has 0 spiro atoms. The summed E-state index contributed by atoms with van der Waals surface area (Å²) in [6.07, 6.45) is 3.51. The van der Waals surface area contributed by atoms with Crippen LogP contribution in [0.5, 0.6) is 0 Å². The smallest absolute Gasteiger partial charge is 0.329 e. The highest BCUT2D eigenvalue weighted by atomic mass is 16.6. The zero-order valence-corrected chi connectivity index (χ0v) is 20.2. The van der Waals surface area contributed by atoms with Crippen LogP contribution in [0.4, 0.5) is 4.79 Å². The number of hydrogen-bond donors (Lipinski definition) is 0. The fraction of sp³-hybridized carbons (Fsp3) is 0.462. The topological polar surface area (TPSA) is 79.8 Å². The highest BCUT2D eigenvalue weighted by Gasteiger charge is 2.58. The molecular weight excluding hydrogens is 418 g/mol. The second-order valence-electron chi connectivity index (χ2n) is 10.0. The number of carbonyl (C=O) groups excluding carboxylic acids is 3. The summed E-state index contributed by atoms with van der Waals surface area (Å²) in [6, 6.07) is 11.5. The Morgan fingerprint density at radius 2 is 1.67 bits per heavy atom. The zero-order chi connectivity index (χ0) is 24.4. The minimum atomic E-state index is -1.28. The van der Waals surface area contributed by atoms with E-state index in [0.717, 1.165) is 10.5 Å². The lowest BCUT2D eigenvalue weighted by Gasteiger charge is -2.32. The Bertz CT molecular complexity index is 1000.